The van der Waals surface area contributed by atoms with Gasteiger partial charge in [-0.05, 0) is 23.0 Å². The van der Waals surface area contributed by atoms with Gasteiger partial charge in [0.1, 0.15) is 0 Å². The SMILES string of the molecule is CC(C)(C)C(=O)/C=C(\[O-])C(C)(C)C.CC(C)(C)C(=O)C=C([O-])C(C)(C)C.[Cu+2]. The van der Waals surface area contributed by atoms with E-state index < -0.39 is 21.7 Å². The summed E-state index contributed by atoms with van der Waals surface area (Å²) in [5.74, 6) is -0.417. The first kappa shape index (κ1) is 30.7. The molecule has 0 unspecified atom stereocenters. The van der Waals surface area contributed by atoms with Crippen molar-refractivity contribution in [3.05, 3.63) is 23.7 Å². The number of carbonyl (C=O) groups is 2. The first-order valence-corrected chi connectivity index (χ1v) is 8.97. The van der Waals surface area contributed by atoms with E-state index in [4.69, 9.17) is 0 Å². The third-order valence-corrected chi connectivity index (χ3v) is 3.48. The topological polar surface area (TPSA) is 80.3 Å². The van der Waals surface area contributed by atoms with Crippen LogP contribution in [0.5, 0.6) is 0 Å². The Morgan fingerprint density at radius 1 is 0.519 bits per heavy atom. The van der Waals surface area contributed by atoms with Gasteiger partial charge in [0.15, 0.2) is 11.6 Å². The zero-order valence-corrected chi connectivity index (χ0v) is 20.0. The summed E-state index contributed by atoms with van der Waals surface area (Å²) in [6, 6.07) is 0. The van der Waals surface area contributed by atoms with Crippen LogP contribution in [-0.2, 0) is 26.7 Å². The van der Waals surface area contributed by atoms with E-state index >= 15 is 0 Å². The molecule has 1 radical (unpaired) electrons. The van der Waals surface area contributed by atoms with Gasteiger partial charge in [-0.1, -0.05) is 83.1 Å². The molecule has 0 aromatic heterocycles. The molecule has 0 spiro atoms. The first-order chi connectivity index (χ1) is 11.1. The Kier molecular flexibility index (Phi) is 11.9. The van der Waals surface area contributed by atoms with Crippen LogP contribution in [0.25, 0.3) is 0 Å². The fourth-order valence-electron chi connectivity index (χ4n) is 1.10. The summed E-state index contributed by atoms with van der Waals surface area (Å²) in [6.45, 7) is 21.7. The molecule has 5 heteroatoms. The Bertz CT molecular complexity index is 505. The molecule has 0 aliphatic rings. The van der Waals surface area contributed by atoms with Crippen molar-refractivity contribution in [1.82, 2.24) is 0 Å². The van der Waals surface area contributed by atoms with Gasteiger partial charge < -0.3 is 10.2 Å². The Hall–Kier alpha value is -1.06. The number of hydrogen-bond donors (Lipinski definition) is 0. The fourth-order valence-corrected chi connectivity index (χ4v) is 1.10. The van der Waals surface area contributed by atoms with Gasteiger partial charge in [0, 0.05) is 10.8 Å². The van der Waals surface area contributed by atoms with Gasteiger partial charge >= 0.3 is 17.1 Å². The third-order valence-electron chi connectivity index (χ3n) is 3.48. The molecule has 0 aromatic carbocycles. The predicted octanol–water partition coefficient (Wildman–Crippen LogP) is 3.78. The number of carbonyl (C=O) groups excluding carboxylic acids is 2. The van der Waals surface area contributed by atoms with Gasteiger partial charge in [0.05, 0.1) is 0 Å². The Balaban J connectivity index is -0.000000411. The van der Waals surface area contributed by atoms with Crippen LogP contribution in [0.15, 0.2) is 23.7 Å². The van der Waals surface area contributed by atoms with Crippen LogP contribution in [0.3, 0.4) is 0 Å². The molecule has 0 fully saturated rings. The van der Waals surface area contributed by atoms with Crippen LogP contribution in [0.1, 0.15) is 83.1 Å². The number of allylic oxidation sites excluding steroid dienone is 4. The molecule has 0 amide bonds. The summed E-state index contributed by atoms with van der Waals surface area (Å²) in [7, 11) is 0. The second kappa shape index (κ2) is 10.5. The fraction of sp³-hybridized carbons (Fsp3) is 0.727. The number of rotatable bonds is 2. The summed E-state index contributed by atoms with van der Waals surface area (Å²) < 4.78 is 0. The largest absolute Gasteiger partial charge is 2.00 e. The maximum atomic E-state index is 11.4. The molecule has 0 saturated heterocycles. The molecule has 0 aliphatic carbocycles. The summed E-state index contributed by atoms with van der Waals surface area (Å²) in [5.41, 5.74) is -1.83. The number of ketones is 2. The molecule has 0 N–H and O–H groups in total. The van der Waals surface area contributed by atoms with Crippen LogP contribution < -0.4 is 10.2 Å². The normalized spacial score (nSPS) is 13.9. The summed E-state index contributed by atoms with van der Waals surface area (Å²) in [6.07, 6.45) is 2.44. The van der Waals surface area contributed by atoms with Crippen molar-refractivity contribution in [3.8, 4) is 0 Å². The van der Waals surface area contributed by atoms with Crippen molar-refractivity contribution in [2.24, 2.45) is 21.7 Å². The Labute approximate surface area is 177 Å². The van der Waals surface area contributed by atoms with Crippen molar-refractivity contribution >= 4 is 11.6 Å². The summed E-state index contributed by atoms with van der Waals surface area (Å²) in [5, 5.41) is 22.9. The molecule has 0 rings (SSSR count). The first-order valence-electron chi connectivity index (χ1n) is 8.97. The van der Waals surface area contributed by atoms with E-state index in [-0.39, 0.29) is 40.2 Å². The molecule has 0 saturated carbocycles. The van der Waals surface area contributed by atoms with Crippen molar-refractivity contribution in [3.63, 3.8) is 0 Å². The Morgan fingerprint density at radius 3 is 0.815 bits per heavy atom. The third kappa shape index (κ3) is 13.7. The molecular weight excluding hydrogens is 392 g/mol. The molecule has 0 bridgehead atoms. The van der Waals surface area contributed by atoms with Gasteiger partial charge in [-0.25, -0.2) is 0 Å². The molecule has 0 aromatic rings. The van der Waals surface area contributed by atoms with E-state index in [9.17, 15) is 19.8 Å². The van der Waals surface area contributed by atoms with E-state index in [0.29, 0.717) is 0 Å². The zero-order valence-electron chi connectivity index (χ0n) is 19.1. The molecule has 0 aliphatic heterocycles. The molecule has 0 atom stereocenters. The predicted molar refractivity (Wildman–Crippen MR) is 104 cm³/mol. The van der Waals surface area contributed by atoms with Crippen LogP contribution in [0.2, 0.25) is 0 Å². The molecule has 27 heavy (non-hydrogen) atoms. The zero-order chi connectivity index (χ0) is 21.7. The molecule has 0 heterocycles. The van der Waals surface area contributed by atoms with Crippen molar-refractivity contribution in [2.75, 3.05) is 0 Å². The minimum Gasteiger partial charge on any atom is -0.875 e. The van der Waals surface area contributed by atoms with Crippen LogP contribution in [-0.4, -0.2) is 11.6 Å². The van der Waals surface area contributed by atoms with Crippen LogP contribution in [0.4, 0.5) is 0 Å². The van der Waals surface area contributed by atoms with E-state index in [1.807, 2.05) is 83.1 Å². The van der Waals surface area contributed by atoms with E-state index in [0.717, 1.165) is 0 Å². The maximum Gasteiger partial charge on any atom is 2.00 e. The molecule has 161 valence electrons. The van der Waals surface area contributed by atoms with Gasteiger partial charge in [-0.3, -0.25) is 9.59 Å². The number of hydrogen-bond acceptors (Lipinski definition) is 4. The van der Waals surface area contributed by atoms with E-state index in [2.05, 4.69) is 0 Å². The molecular formula is C22H38CuO4. The van der Waals surface area contributed by atoms with E-state index in [1.165, 1.54) is 12.2 Å². The van der Waals surface area contributed by atoms with Gasteiger partial charge in [-0.15, -0.1) is 11.5 Å². The van der Waals surface area contributed by atoms with Gasteiger partial charge in [-0.2, -0.15) is 0 Å². The van der Waals surface area contributed by atoms with Crippen molar-refractivity contribution < 1.29 is 36.9 Å². The summed E-state index contributed by atoms with van der Waals surface area (Å²) >= 11 is 0. The smallest absolute Gasteiger partial charge is 0.875 e. The minimum absolute atomic E-state index is 0. The quantitative estimate of drug-likeness (QED) is 0.380. The summed E-state index contributed by atoms with van der Waals surface area (Å²) in [4.78, 5) is 22.9. The second-order valence-corrected chi connectivity index (χ2v) is 10.7. The Morgan fingerprint density at radius 2 is 0.704 bits per heavy atom. The van der Waals surface area contributed by atoms with Crippen LogP contribution >= 0.6 is 0 Å². The van der Waals surface area contributed by atoms with Crippen LogP contribution in [0, 0.1) is 21.7 Å². The molecule has 4 nitrogen and oxygen atoms in total. The standard InChI is InChI=1S/2C11H20O2.Cu/c2*1-10(2,3)8(12)7-9(13)11(4,5)6;/h2*7,12H,1-6H3;/q;;+2/p-2/b8-7-;;. The minimum atomic E-state index is -0.457. The van der Waals surface area contributed by atoms with Gasteiger partial charge in [0.25, 0.3) is 0 Å². The van der Waals surface area contributed by atoms with Crippen molar-refractivity contribution in [1.29, 1.82) is 0 Å². The van der Waals surface area contributed by atoms with E-state index in [1.54, 1.807) is 0 Å². The maximum absolute atomic E-state index is 11.4. The van der Waals surface area contributed by atoms with Crippen molar-refractivity contribution in [2.45, 2.75) is 83.1 Å². The average Bonchev–Trinajstić information content (AvgIpc) is 2.34. The second-order valence-electron chi connectivity index (χ2n) is 10.7. The monoisotopic (exact) mass is 429 g/mol. The van der Waals surface area contributed by atoms with Gasteiger partial charge in [0.2, 0.25) is 0 Å². The average molecular weight is 430 g/mol.